The van der Waals surface area contributed by atoms with Crippen LogP contribution < -0.4 is 9.64 Å². The first-order valence-electron chi connectivity index (χ1n) is 10.7. The molecule has 2 heterocycles. The summed E-state index contributed by atoms with van der Waals surface area (Å²) in [6.45, 7) is 6.05. The van der Waals surface area contributed by atoms with E-state index in [1.807, 2.05) is 60.2 Å². The van der Waals surface area contributed by atoms with Crippen LogP contribution in [-0.4, -0.2) is 39.3 Å². The lowest BCUT2D eigenvalue weighted by molar-refractivity contribution is 0.0986. The Labute approximate surface area is 196 Å². The van der Waals surface area contributed by atoms with Crippen molar-refractivity contribution in [2.75, 3.05) is 23.8 Å². The first-order valence-corrected chi connectivity index (χ1v) is 12.5. The molecular weight excluding hydrogens is 440 g/mol. The molecule has 2 aromatic heterocycles. The number of thioether (sulfide) groups is 1. The van der Waals surface area contributed by atoms with E-state index in [4.69, 9.17) is 9.72 Å². The predicted octanol–water partition coefficient (Wildman–Crippen LogP) is 5.74. The number of fused-ring (bicyclic) bond motifs is 1. The molecule has 0 saturated carbocycles. The molecule has 8 heteroatoms. The van der Waals surface area contributed by atoms with Gasteiger partial charge in [-0.25, -0.2) is 9.97 Å². The zero-order valence-electron chi connectivity index (χ0n) is 18.2. The van der Waals surface area contributed by atoms with Gasteiger partial charge in [0, 0.05) is 35.9 Å². The summed E-state index contributed by atoms with van der Waals surface area (Å²) in [6.07, 6.45) is 6.30. The minimum absolute atomic E-state index is 0.0294. The molecule has 0 radical (unpaired) electrons. The second-order valence-electron chi connectivity index (χ2n) is 7.13. The Morgan fingerprint density at radius 1 is 1.22 bits per heavy atom. The lowest BCUT2D eigenvalue weighted by atomic mass is 10.2. The van der Waals surface area contributed by atoms with Gasteiger partial charge in [-0.1, -0.05) is 24.3 Å². The third kappa shape index (κ3) is 5.31. The van der Waals surface area contributed by atoms with Crippen molar-refractivity contribution in [2.45, 2.75) is 31.7 Å². The van der Waals surface area contributed by atoms with Crippen LogP contribution in [0.15, 0.2) is 66.1 Å². The molecule has 0 bridgehead atoms. The largest absolute Gasteiger partial charge is 0.494 e. The van der Waals surface area contributed by atoms with Crippen molar-refractivity contribution in [1.82, 2.24) is 14.5 Å². The Bertz CT molecular complexity index is 1170. The van der Waals surface area contributed by atoms with Gasteiger partial charge in [0.2, 0.25) is 0 Å². The third-order valence-corrected chi connectivity index (χ3v) is 6.80. The topological polar surface area (TPSA) is 60.2 Å². The molecule has 0 spiro atoms. The van der Waals surface area contributed by atoms with E-state index in [1.165, 1.54) is 11.3 Å². The van der Waals surface area contributed by atoms with E-state index in [0.717, 1.165) is 39.6 Å². The molecule has 2 aromatic carbocycles. The van der Waals surface area contributed by atoms with Gasteiger partial charge in [0.1, 0.15) is 5.75 Å². The zero-order chi connectivity index (χ0) is 22.3. The maximum Gasteiger partial charge on any atom is 0.260 e. The maximum atomic E-state index is 13.6. The van der Waals surface area contributed by atoms with Gasteiger partial charge >= 0.3 is 0 Å². The van der Waals surface area contributed by atoms with Crippen molar-refractivity contribution in [2.24, 2.45) is 0 Å². The highest BCUT2D eigenvalue weighted by Gasteiger charge is 2.21. The van der Waals surface area contributed by atoms with Crippen LogP contribution in [-0.2, 0) is 6.54 Å². The van der Waals surface area contributed by atoms with Crippen LogP contribution in [0, 0.1) is 0 Å². The monoisotopic (exact) mass is 466 g/mol. The lowest BCUT2D eigenvalue weighted by Crippen LogP contribution is -2.32. The number of anilines is 1. The van der Waals surface area contributed by atoms with E-state index in [2.05, 4.69) is 11.9 Å². The Balaban J connectivity index is 1.62. The number of carbonyl (C=O) groups is 1. The summed E-state index contributed by atoms with van der Waals surface area (Å²) < 4.78 is 8.66. The van der Waals surface area contributed by atoms with E-state index in [9.17, 15) is 4.79 Å². The highest BCUT2D eigenvalue weighted by molar-refractivity contribution is 7.99. The molecular formula is C24H26N4O2S2. The van der Waals surface area contributed by atoms with Gasteiger partial charge in [-0.3, -0.25) is 9.69 Å². The number of ether oxygens (including phenoxy) is 1. The number of imidazole rings is 1. The molecule has 0 saturated heterocycles. The Kier molecular flexibility index (Phi) is 7.44. The smallest absolute Gasteiger partial charge is 0.260 e. The third-order valence-electron chi connectivity index (χ3n) is 4.88. The molecule has 0 aliphatic rings. The number of carbonyl (C=O) groups excluding carboxylic acids is 1. The molecule has 6 nitrogen and oxygen atoms in total. The lowest BCUT2D eigenvalue weighted by Gasteiger charge is -2.20. The molecule has 4 rings (SSSR count). The summed E-state index contributed by atoms with van der Waals surface area (Å²) in [4.78, 5) is 25.4. The SMILES string of the molecule is CCOc1ccc2nc(N(CCCn3ccnc3)C(=O)c3cccc(SCC)c3)sc2c1. The van der Waals surface area contributed by atoms with Gasteiger partial charge in [-0.15, -0.1) is 11.8 Å². The molecule has 1 amide bonds. The number of aryl methyl sites for hydroxylation is 1. The van der Waals surface area contributed by atoms with E-state index in [1.54, 1.807) is 29.2 Å². The zero-order valence-corrected chi connectivity index (χ0v) is 19.9. The number of aromatic nitrogens is 3. The normalized spacial score (nSPS) is 11.1. The van der Waals surface area contributed by atoms with Crippen LogP contribution >= 0.6 is 23.1 Å². The van der Waals surface area contributed by atoms with Crippen molar-refractivity contribution in [3.8, 4) is 5.75 Å². The average molecular weight is 467 g/mol. The van der Waals surface area contributed by atoms with Crippen LogP contribution in [0.3, 0.4) is 0 Å². The molecule has 0 unspecified atom stereocenters. The highest BCUT2D eigenvalue weighted by Crippen LogP contribution is 2.32. The van der Waals surface area contributed by atoms with Gasteiger partial charge in [0.05, 0.1) is 23.2 Å². The summed E-state index contributed by atoms with van der Waals surface area (Å²) in [7, 11) is 0. The Morgan fingerprint density at radius 2 is 2.12 bits per heavy atom. The fraction of sp³-hybridized carbons (Fsp3) is 0.292. The van der Waals surface area contributed by atoms with Gasteiger partial charge in [0.15, 0.2) is 5.13 Å². The maximum absolute atomic E-state index is 13.6. The van der Waals surface area contributed by atoms with Crippen LogP contribution in [0.5, 0.6) is 5.75 Å². The van der Waals surface area contributed by atoms with Gasteiger partial charge in [-0.2, -0.15) is 0 Å². The highest BCUT2D eigenvalue weighted by atomic mass is 32.2. The summed E-state index contributed by atoms with van der Waals surface area (Å²) >= 11 is 3.25. The first kappa shape index (κ1) is 22.4. The number of amides is 1. The van der Waals surface area contributed by atoms with Gasteiger partial charge < -0.3 is 9.30 Å². The Hall–Kier alpha value is -2.84. The van der Waals surface area contributed by atoms with Crippen LogP contribution in [0.25, 0.3) is 10.2 Å². The van der Waals surface area contributed by atoms with E-state index in [-0.39, 0.29) is 5.91 Å². The summed E-state index contributed by atoms with van der Waals surface area (Å²) in [5.74, 6) is 1.75. The minimum Gasteiger partial charge on any atom is -0.494 e. The van der Waals surface area contributed by atoms with Crippen molar-refractivity contribution >= 4 is 44.4 Å². The summed E-state index contributed by atoms with van der Waals surface area (Å²) in [5.41, 5.74) is 1.55. The quantitative estimate of drug-likeness (QED) is 0.279. The summed E-state index contributed by atoms with van der Waals surface area (Å²) in [5, 5.41) is 0.706. The fourth-order valence-electron chi connectivity index (χ4n) is 3.42. The van der Waals surface area contributed by atoms with E-state index >= 15 is 0 Å². The number of nitrogens with zero attached hydrogens (tertiary/aromatic N) is 4. The van der Waals surface area contributed by atoms with Gasteiger partial charge in [-0.05, 0) is 55.5 Å². The number of thiazole rings is 1. The second-order valence-corrected chi connectivity index (χ2v) is 9.48. The predicted molar refractivity (Wildman–Crippen MR) is 132 cm³/mol. The van der Waals surface area contributed by atoms with Crippen molar-refractivity contribution in [3.63, 3.8) is 0 Å². The minimum atomic E-state index is -0.0294. The van der Waals surface area contributed by atoms with Crippen LogP contribution in [0.1, 0.15) is 30.6 Å². The van der Waals surface area contributed by atoms with E-state index in [0.29, 0.717) is 23.8 Å². The average Bonchev–Trinajstić information content (AvgIpc) is 3.46. The molecule has 4 aromatic rings. The molecule has 32 heavy (non-hydrogen) atoms. The van der Waals surface area contributed by atoms with Crippen molar-refractivity contribution in [3.05, 3.63) is 66.7 Å². The van der Waals surface area contributed by atoms with Crippen molar-refractivity contribution in [1.29, 1.82) is 0 Å². The molecule has 166 valence electrons. The number of hydrogen-bond acceptors (Lipinski definition) is 6. The molecule has 0 fully saturated rings. The molecule has 0 aliphatic heterocycles. The molecule has 0 aliphatic carbocycles. The first-order chi connectivity index (χ1) is 15.7. The molecule has 0 N–H and O–H groups in total. The van der Waals surface area contributed by atoms with E-state index < -0.39 is 0 Å². The molecule has 0 atom stereocenters. The fourth-order valence-corrected chi connectivity index (χ4v) is 5.16. The van der Waals surface area contributed by atoms with Crippen LogP contribution in [0.2, 0.25) is 0 Å². The van der Waals surface area contributed by atoms with Gasteiger partial charge in [0.25, 0.3) is 5.91 Å². The van der Waals surface area contributed by atoms with Crippen LogP contribution in [0.4, 0.5) is 5.13 Å². The number of rotatable bonds is 10. The summed E-state index contributed by atoms with van der Waals surface area (Å²) in [6, 6.07) is 13.7. The number of hydrogen-bond donors (Lipinski definition) is 0. The second kappa shape index (κ2) is 10.7. The Morgan fingerprint density at radius 3 is 2.91 bits per heavy atom. The number of benzene rings is 2. The van der Waals surface area contributed by atoms with Crippen molar-refractivity contribution < 1.29 is 9.53 Å². The standard InChI is InChI=1S/C24H26N4O2S2/c1-3-30-19-9-10-21-22(16-19)32-24(26-21)28(13-6-12-27-14-11-25-17-27)23(29)18-7-5-8-20(15-18)31-4-2/h5,7-11,14-17H,3-4,6,12-13H2,1-2H3.